The summed E-state index contributed by atoms with van der Waals surface area (Å²) >= 11 is 0. The van der Waals surface area contributed by atoms with Crippen molar-refractivity contribution in [1.82, 2.24) is 0 Å². The van der Waals surface area contributed by atoms with Gasteiger partial charge in [-0.2, -0.15) is 0 Å². The molecule has 2 aliphatic rings. The Balaban J connectivity index is 1.27. The number of furan rings is 1. The van der Waals surface area contributed by atoms with Crippen molar-refractivity contribution in [1.29, 1.82) is 0 Å². The van der Waals surface area contributed by atoms with Gasteiger partial charge in [-0.25, -0.2) is 0 Å². The standard InChI is InChI=1S/C47H37NO/c1-28-21-23-29(24-22-28)48(41-19-12-17-34-32-15-9-11-20-43(32)49-45(34)41)42-27-40-44(33-16-7-6-14-31(33)42)36-26-38-35(25-39(36)47(40,4)5)30-13-8-10-18-37(30)46(38,2)3/h6-27H,1-5H3. The fourth-order valence-electron chi connectivity index (χ4n) is 8.95. The zero-order valence-electron chi connectivity index (χ0n) is 28.6. The lowest BCUT2D eigenvalue weighted by Crippen LogP contribution is -2.18. The summed E-state index contributed by atoms with van der Waals surface area (Å²) in [4.78, 5) is 2.42. The van der Waals surface area contributed by atoms with Gasteiger partial charge in [-0.05, 0) is 99.3 Å². The van der Waals surface area contributed by atoms with E-state index >= 15 is 0 Å². The molecule has 0 atom stereocenters. The van der Waals surface area contributed by atoms with Crippen LogP contribution < -0.4 is 4.90 Å². The van der Waals surface area contributed by atoms with E-state index in [1.165, 1.54) is 60.8 Å². The highest BCUT2D eigenvalue weighted by Gasteiger charge is 2.42. The summed E-state index contributed by atoms with van der Waals surface area (Å²) in [5.41, 5.74) is 17.1. The summed E-state index contributed by atoms with van der Waals surface area (Å²) in [5.74, 6) is 0. The van der Waals surface area contributed by atoms with Gasteiger partial charge in [0.05, 0.1) is 11.4 Å². The van der Waals surface area contributed by atoms with Crippen LogP contribution in [-0.2, 0) is 10.8 Å². The van der Waals surface area contributed by atoms with Crippen LogP contribution in [0, 0.1) is 6.92 Å². The first kappa shape index (κ1) is 28.4. The highest BCUT2D eigenvalue weighted by molar-refractivity contribution is 6.14. The lowest BCUT2D eigenvalue weighted by molar-refractivity contribution is 0.652. The molecule has 1 heterocycles. The quantitative estimate of drug-likeness (QED) is 0.193. The molecule has 8 aromatic rings. The molecule has 2 heteroatoms. The van der Waals surface area contributed by atoms with Crippen LogP contribution in [0.1, 0.15) is 55.5 Å². The Morgan fingerprint density at radius 3 is 1.92 bits per heavy atom. The Kier molecular flexibility index (Phi) is 5.65. The predicted molar refractivity (Wildman–Crippen MR) is 206 cm³/mol. The SMILES string of the molecule is Cc1ccc(N(c2cc3c(c4ccccc24)-c2cc4c(cc2C3(C)C)-c2ccccc2C4(C)C)c2cccc3c2oc2ccccc23)cc1. The topological polar surface area (TPSA) is 16.4 Å². The van der Waals surface area contributed by atoms with E-state index in [0.29, 0.717) is 0 Å². The van der Waals surface area contributed by atoms with Crippen LogP contribution >= 0.6 is 0 Å². The summed E-state index contributed by atoms with van der Waals surface area (Å²) in [7, 11) is 0. The minimum Gasteiger partial charge on any atom is -0.454 e. The number of benzene rings is 7. The summed E-state index contributed by atoms with van der Waals surface area (Å²) in [6, 6.07) is 49.3. The second-order valence-electron chi connectivity index (χ2n) is 15.0. The maximum absolute atomic E-state index is 6.68. The second kappa shape index (κ2) is 9.74. The molecule has 0 spiro atoms. The molecular weight excluding hydrogens is 595 g/mol. The first-order chi connectivity index (χ1) is 23.7. The highest BCUT2D eigenvalue weighted by atomic mass is 16.3. The summed E-state index contributed by atoms with van der Waals surface area (Å²) < 4.78 is 6.68. The maximum atomic E-state index is 6.68. The van der Waals surface area contributed by atoms with Crippen LogP contribution in [0.5, 0.6) is 0 Å². The van der Waals surface area contributed by atoms with Crippen LogP contribution in [0.25, 0.3) is 55.0 Å². The van der Waals surface area contributed by atoms with Gasteiger partial charge in [-0.3, -0.25) is 0 Å². The van der Waals surface area contributed by atoms with Crippen molar-refractivity contribution in [2.45, 2.75) is 45.4 Å². The largest absolute Gasteiger partial charge is 0.454 e. The fourth-order valence-corrected chi connectivity index (χ4v) is 8.95. The average Bonchev–Trinajstić information content (AvgIpc) is 3.69. The van der Waals surface area contributed by atoms with Gasteiger partial charge in [-0.15, -0.1) is 0 Å². The number of hydrogen-bond acceptors (Lipinski definition) is 2. The molecule has 49 heavy (non-hydrogen) atoms. The van der Waals surface area contributed by atoms with E-state index in [-0.39, 0.29) is 10.8 Å². The molecule has 0 fully saturated rings. The summed E-state index contributed by atoms with van der Waals surface area (Å²) in [5, 5.41) is 4.77. The van der Waals surface area contributed by atoms with Crippen molar-refractivity contribution >= 4 is 49.8 Å². The molecule has 7 aromatic carbocycles. The van der Waals surface area contributed by atoms with Crippen molar-refractivity contribution in [3.8, 4) is 22.3 Å². The molecule has 0 radical (unpaired) electrons. The number of aryl methyl sites for hydroxylation is 1. The normalized spacial score (nSPS) is 15.0. The van der Waals surface area contributed by atoms with Crippen LogP contribution in [0.3, 0.4) is 0 Å². The van der Waals surface area contributed by atoms with E-state index in [1.807, 2.05) is 6.07 Å². The minimum absolute atomic E-state index is 0.0584. The number of anilines is 3. The Labute approximate surface area is 287 Å². The van der Waals surface area contributed by atoms with E-state index in [9.17, 15) is 0 Å². The highest BCUT2D eigenvalue weighted by Crippen LogP contribution is 2.59. The smallest absolute Gasteiger partial charge is 0.159 e. The number of fused-ring (bicyclic) bond motifs is 11. The first-order valence-corrected chi connectivity index (χ1v) is 17.4. The van der Waals surface area contributed by atoms with Crippen LogP contribution in [0.2, 0.25) is 0 Å². The van der Waals surface area contributed by atoms with Gasteiger partial charge in [-0.1, -0.05) is 124 Å². The molecule has 0 unspecified atom stereocenters. The van der Waals surface area contributed by atoms with Gasteiger partial charge in [0.25, 0.3) is 0 Å². The van der Waals surface area contributed by atoms with E-state index < -0.39 is 0 Å². The molecule has 1 aromatic heterocycles. The van der Waals surface area contributed by atoms with Crippen molar-refractivity contribution in [2.75, 3.05) is 4.90 Å². The maximum Gasteiger partial charge on any atom is 0.159 e. The van der Waals surface area contributed by atoms with Crippen molar-refractivity contribution in [2.24, 2.45) is 0 Å². The van der Waals surface area contributed by atoms with Crippen LogP contribution in [0.4, 0.5) is 17.1 Å². The van der Waals surface area contributed by atoms with Gasteiger partial charge >= 0.3 is 0 Å². The molecule has 0 N–H and O–H groups in total. The molecule has 0 amide bonds. The van der Waals surface area contributed by atoms with E-state index in [1.54, 1.807) is 0 Å². The van der Waals surface area contributed by atoms with Gasteiger partial charge < -0.3 is 9.32 Å². The number of hydrogen-bond donors (Lipinski definition) is 0. The molecule has 10 rings (SSSR count). The van der Waals surface area contributed by atoms with Crippen molar-refractivity contribution in [3.05, 3.63) is 161 Å². The molecule has 0 saturated carbocycles. The lowest BCUT2D eigenvalue weighted by atomic mass is 9.79. The Morgan fingerprint density at radius 2 is 1.10 bits per heavy atom. The van der Waals surface area contributed by atoms with Crippen LogP contribution in [0.15, 0.2) is 138 Å². The second-order valence-corrected chi connectivity index (χ2v) is 15.0. The monoisotopic (exact) mass is 631 g/mol. The molecule has 0 bridgehead atoms. The molecule has 2 nitrogen and oxygen atoms in total. The number of nitrogens with zero attached hydrogens (tertiary/aromatic N) is 1. The Hall–Kier alpha value is -5.60. The number of para-hydroxylation sites is 2. The van der Waals surface area contributed by atoms with Gasteiger partial charge in [0.15, 0.2) is 5.58 Å². The third kappa shape index (κ3) is 3.77. The van der Waals surface area contributed by atoms with E-state index in [0.717, 1.165) is 39.0 Å². The summed E-state index contributed by atoms with van der Waals surface area (Å²) in [6.45, 7) is 11.7. The molecule has 2 aliphatic carbocycles. The minimum atomic E-state index is -0.204. The molecule has 0 saturated heterocycles. The van der Waals surface area contributed by atoms with Crippen molar-refractivity contribution in [3.63, 3.8) is 0 Å². The van der Waals surface area contributed by atoms with Crippen molar-refractivity contribution < 1.29 is 4.42 Å². The van der Waals surface area contributed by atoms with Gasteiger partial charge in [0, 0.05) is 32.7 Å². The van der Waals surface area contributed by atoms with E-state index in [4.69, 9.17) is 4.42 Å². The molecule has 0 aliphatic heterocycles. The Bertz CT molecular complexity index is 2670. The number of rotatable bonds is 3. The molecular formula is C47H37NO. The van der Waals surface area contributed by atoms with Crippen LogP contribution in [-0.4, -0.2) is 0 Å². The fraction of sp³-hybridized carbons (Fsp3) is 0.149. The van der Waals surface area contributed by atoms with Gasteiger partial charge in [0.2, 0.25) is 0 Å². The average molecular weight is 632 g/mol. The Morgan fingerprint density at radius 1 is 0.469 bits per heavy atom. The zero-order valence-corrected chi connectivity index (χ0v) is 28.6. The first-order valence-electron chi connectivity index (χ1n) is 17.4. The molecule has 236 valence electrons. The predicted octanol–water partition coefficient (Wildman–Crippen LogP) is 13.1. The summed E-state index contributed by atoms with van der Waals surface area (Å²) in [6.07, 6.45) is 0. The lowest BCUT2D eigenvalue weighted by Gasteiger charge is -2.30. The van der Waals surface area contributed by atoms with E-state index in [2.05, 4.69) is 167 Å². The zero-order chi connectivity index (χ0) is 33.2. The third-order valence-corrected chi connectivity index (χ3v) is 11.5. The third-order valence-electron chi connectivity index (χ3n) is 11.5. The van der Waals surface area contributed by atoms with Gasteiger partial charge in [0.1, 0.15) is 5.58 Å².